The monoisotopic (exact) mass is 231 g/mol. The second-order valence-electron chi connectivity index (χ2n) is 4.88. The lowest BCUT2D eigenvalue weighted by atomic mass is 10.1. The van der Waals surface area contributed by atoms with Crippen molar-refractivity contribution in [1.29, 1.82) is 0 Å². The van der Waals surface area contributed by atoms with Crippen molar-refractivity contribution in [1.82, 2.24) is 4.90 Å². The molecule has 2 heteroatoms. The Morgan fingerprint density at radius 2 is 2.00 bits per heavy atom. The molecule has 0 aliphatic carbocycles. The van der Waals surface area contributed by atoms with Crippen molar-refractivity contribution >= 4 is 11.6 Å². The van der Waals surface area contributed by atoms with Crippen molar-refractivity contribution in [2.45, 2.75) is 45.9 Å². The Bertz CT molecular complexity index is 187. The number of hydrogen-bond acceptors (Lipinski definition) is 1. The molecule has 0 fully saturated rings. The first-order valence-corrected chi connectivity index (χ1v) is 6.37. The molecule has 0 rings (SSSR count). The van der Waals surface area contributed by atoms with Crippen molar-refractivity contribution in [3.8, 4) is 0 Å². The molecule has 15 heavy (non-hydrogen) atoms. The zero-order chi connectivity index (χ0) is 11.8. The second kappa shape index (κ2) is 8.18. The van der Waals surface area contributed by atoms with Crippen LogP contribution in [0.4, 0.5) is 0 Å². The number of halogens is 1. The van der Waals surface area contributed by atoms with Crippen LogP contribution < -0.4 is 0 Å². The SMILES string of the molecule is CCC(Cl)C/C=C(\C)CN(C)CC(C)C. The number of allylic oxidation sites excluding steroid dienone is 1. The van der Waals surface area contributed by atoms with E-state index < -0.39 is 0 Å². The van der Waals surface area contributed by atoms with Crippen LogP contribution in [-0.4, -0.2) is 30.4 Å². The third-order valence-corrected chi connectivity index (χ3v) is 2.85. The van der Waals surface area contributed by atoms with Crippen LogP contribution in [0.1, 0.15) is 40.5 Å². The summed E-state index contributed by atoms with van der Waals surface area (Å²) in [5.74, 6) is 0.735. The smallest absolute Gasteiger partial charge is 0.0368 e. The first-order valence-electron chi connectivity index (χ1n) is 5.93. The van der Waals surface area contributed by atoms with E-state index in [9.17, 15) is 0 Å². The van der Waals surface area contributed by atoms with Crippen LogP contribution in [0, 0.1) is 5.92 Å². The molecule has 1 atom stereocenters. The lowest BCUT2D eigenvalue weighted by molar-refractivity contribution is 0.317. The van der Waals surface area contributed by atoms with E-state index in [0.717, 1.165) is 31.8 Å². The summed E-state index contributed by atoms with van der Waals surface area (Å²) in [6, 6.07) is 0. The van der Waals surface area contributed by atoms with Crippen molar-refractivity contribution in [2.24, 2.45) is 5.92 Å². The van der Waals surface area contributed by atoms with Crippen molar-refractivity contribution in [3.05, 3.63) is 11.6 Å². The summed E-state index contributed by atoms with van der Waals surface area (Å²) in [4.78, 5) is 2.37. The molecule has 0 spiro atoms. The Morgan fingerprint density at radius 3 is 2.47 bits per heavy atom. The van der Waals surface area contributed by atoms with E-state index in [1.54, 1.807) is 0 Å². The predicted octanol–water partition coefficient (Wildman–Crippen LogP) is 3.93. The van der Waals surface area contributed by atoms with Crippen LogP contribution in [0.5, 0.6) is 0 Å². The number of likely N-dealkylation sites (N-methyl/N-ethyl adjacent to an activating group) is 1. The average molecular weight is 232 g/mol. The molecule has 0 saturated carbocycles. The number of rotatable bonds is 7. The van der Waals surface area contributed by atoms with E-state index in [1.165, 1.54) is 5.57 Å². The molecule has 90 valence electrons. The molecule has 0 saturated heterocycles. The van der Waals surface area contributed by atoms with Crippen LogP contribution >= 0.6 is 11.6 Å². The molecule has 0 aromatic heterocycles. The highest BCUT2D eigenvalue weighted by atomic mass is 35.5. The highest BCUT2D eigenvalue weighted by Gasteiger charge is 2.03. The summed E-state index contributed by atoms with van der Waals surface area (Å²) in [6.07, 6.45) is 4.32. The maximum atomic E-state index is 6.07. The molecule has 0 aliphatic heterocycles. The predicted molar refractivity (Wildman–Crippen MR) is 70.6 cm³/mol. The Hall–Kier alpha value is -0.0100. The van der Waals surface area contributed by atoms with Crippen LogP contribution in [0.3, 0.4) is 0 Å². The van der Waals surface area contributed by atoms with Crippen molar-refractivity contribution < 1.29 is 0 Å². The third-order valence-electron chi connectivity index (χ3n) is 2.36. The average Bonchev–Trinajstić information content (AvgIpc) is 2.12. The topological polar surface area (TPSA) is 3.24 Å². The standard InChI is InChI=1S/C13H26ClN/c1-6-13(14)8-7-12(4)10-15(5)9-11(2)3/h7,11,13H,6,8-10H2,1-5H3/b12-7+. The van der Waals surface area contributed by atoms with Gasteiger partial charge in [-0.1, -0.05) is 32.4 Å². The van der Waals surface area contributed by atoms with Gasteiger partial charge in [0.2, 0.25) is 0 Å². The van der Waals surface area contributed by atoms with E-state index in [1.807, 2.05) is 0 Å². The molecular weight excluding hydrogens is 206 g/mol. The van der Waals surface area contributed by atoms with E-state index in [-0.39, 0.29) is 0 Å². The van der Waals surface area contributed by atoms with Gasteiger partial charge in [-0.2, -0.15) is 0 Å². The number of nitrogens with zero attached hydrogens (tertiary/aromatic N) is 1. The summed E-state index contributed by atoms with van der Waals surface area (Å²) in [7, 11) is 2.18. The highest BCUT2D eigenvalue weighted by molar-refractivity contribution is 6.20. The van der Waals surface area contributed by atoms with E-state index >= 15 is 0 Å². The highest BCUT2D eigenvalue weighted by Crippen LogP contribution is 2.09. The molecule has 0 heterocycles. The van der Waals surface area contributed by atoms with Crippen LogP contribution in [0.15, 0.2) is 11.6 Å². The lowest BCUT2D eigenvalue weighted by Gasteiger charge is -2.19. The van der Waals surface area contributed by atoms with Gasteiger partial charge in [0.1, 0.15) is 0 Å². The van der Waals surface area contributed by atoms with Gasteiger partial charge in [0.25, 0.3) is 0 Å². The molecule has 0 amide bonds. The second-order valence-corrected chi connectivity index (χ2v) is 5.50. The summed E-state index contributed by atoms with van der Waals surface area (Å²) in [5.41, 5.74) is 1.43. The maximum Gasteiger partial charge on any atom is 0.0368 e. The van der Waals surface area contributed by atoms with Gasteiger partial charge in [-0.05, 0) is 32.7 Å². The van der Waals surface area contributed by atoms with Crippen molar-refractivity contribution in [3.63, 3.8) is 0 Å². The van der Waals surface area contributed by atoms with Crippen LogP contribution in [0.25, 0.3) is 0 Å². The van der Waals surface area contributed by atoms with Gasteiger partial charge < -0.3 is 4.90 Å². The summed E-state index contributed by atoms with van der Waals surface area (Å²) in [5, 5.41) is 0.301. The minimum Gasteiger partial charge on any atom is -0.302 e. The van der Waals surface area contributed by atoms with Gasteiger partial charge in [-0.3, -0.25) is 0 Å². The quantitative estimate of drug-likeness (QED) is 0.474. The molecular formula is C13H26ClN. The largest absolute Gasteiger partial charge is 0.302 e. The Kier molecular flexibility index (Phi) is 8.17. The third kappa shape index (κ3) is 8.95. The molecule has 0 aromatic rings. The van der Waals surface area contributed by atoms with Gasteiger partial charge >= 0.3 is 0 Å². The van der Waals surface area contributed by atoms with Crippen molar-refractivity contribution in [2.75, 3.05) is 20.1 Å². The Balaban J connectivity index is 3.84. The fourth-order valence-electron chi connectivity index (χ4n) is 1.67. The fraction of sp³-hybridized carbons (Fsp3) is 0.846. The molecule has 0 N–H and O–H groups in total. The van der Waals surface area contributed by atoms with E-state index in [2.05, 4.69) is 45.7 Å². The minimum atomic E-state index is 0.301. The van der Waals surface area contributed by atoms with Gasteiger partial charge in [-0.15, -0.1) is 11.6 Å². The Morgan fingerprint density at radius 1 is 1.40 bits per heavy atom. The van der Waals surface area contributed by atoms with Gasteiger partial charge in [0, 0.05) is 18.5 Å². The molecule has 0 aromatic carbocycles. The lowest BCUT2D eigenvalue weighted by Crippen LogP contribution is -2.24. The number of hydrogen-bond donors (Lipinski definition) is 0. The summed E-state index contributed by atoms with van der Waals surface area (Å²) < 4.78 is 0. The van der Waals surface area contributed by atoms with Crippen LogP contribution in [-0.2, 0) is 0 Å². The summed E-state index contributed by atoms with van der Waals surface area (Å²) in [6.45, 7) is 11.0. The molecule has 0 bridgehead atoms. The zero-order valence-corrected chi connectivity index (χ0v) is 11.6. The normalized spacial score (nSPS) is 15.1. The van der Waals surface area contributed by atoms with E-state index in [0.29, 0.717) is 5.38 Å². The van der Waals surface area contributed by atoms with E-state index in [4.69, 9.17) is 11.6 Å². The van der Waals surface area contributed by atoms with Crippen LogP contribution in [0.2, 0.25) is 0 Å². The van der Waals surface area contributed by atoms with Gasteiger partial charge in [0.05, 0.1) is 0 Å². The molecule has 1 unspecified atom stereocenters. The fourth-order valence-corrected chi connectivity index (χ4v) is 1.76. The molecule has 1 nitrogen and oxygen atoms in total. The first-order chi connectivity index (χ1) is 6.95. The van der Waals surface area contributed by atoms with Gasteiger partial charge in [-0.25, -0.2) is 0 Å². The summed E-state index contributed by atoms with van der Waals surface area (Å²) >= 11 is 6.07. The molecule has 0 aliphatic rings. The molecule has 0 radical (unpaired) electrons. The number of alkyl halides is 1. The first kappa shape index (κ1) is 15.0. The van der Waals surface area contributed by atoms with Gasteiger partial charge in [0.15, 0.2) is 0 Å². The Labute approximate surface area is 100 Å². The minimum absolute atomic E-state index is 0.301. The zero-order valence-electron chi connectivity index (χ0n) is 10.9. The maximum absolute atomic E-state index is 6.07.